The van der Waals surface area contributed by atoms with Gasteiger partial charge in [-0.1, -0.05) is 15.9 Å². The molecule has 0 aromatic carbocycles. The van der Waals surface area contributed by atoms with E-state index >= 15 is 0 Å². The molecular formula is C9H13BrN2. The van der Waals surface area contributed by atoms with Crippen LogP contribution in [0.5, 0.6) is 0 Å². The maximum atomic E-state index is 4.37. The Hall–Kier alpha value is -0.570. The zero-order valence-corrected chi connectivity index (χ0v) is 9.17. The Morgan fingerprint density at radius 3 is 2.67 bits per heavy atom. The Morgan fingerprint density at radius 2 is 2.25 bits per heavy atom. The molecule has 0 unspecified atom stereocenters. The van der Waals surface area contributed by atoms with Gasteiger partial charge in [-0.05, 0) is 31.8 Å². The van der Waals surface area contributed by atoms with Gasteiger partial charge in [-0.15, -0.1) is 0 Å². The van der Waals surface area contributed by atoms with Gasteiger partial charge in [-0.2, -0.15) is 5.10 Å². The second-order valence-corrected chi connectivity index (χ2v) is 3.56. The molecule has 1 aromatic heterocycles. The summed E-state index contributed by atoms with van der Waals surface area (Å²) >= 11 is 3.25. The summed E-state index contributed by atoms with van der Waals surface area (Å²) in [4.78, 5) is 1.85. The molecule has 0 aliphatic heterocycles. The molecule has 0 bridgehead atoms. The zero-order valence-electron chi connectivity index (χ0n) is 7.58. The molecule has 12 heavy (non-hydrogen) atoms. The first kappa shape index (κ1) is 9.52. The van der Waals surface area contributed by atoms with Gasteiger partial charge in [-0.3, -0.25) is 4.68 Å². The maximum Gasteiger partial charge on any atom is 0.0666 e. The molecule has 1 aromatic rings. The van der Waals surface area contributed by atoms with Gasteiger partial charge in [0.1, 0.15) is 0 Å². The lowest BCUT2D eigenvalue weighted by atomic mass is 10.3. The lowest BCUT2D eigenvalue weighted by Crippen LogP contribution is -2.00. The lowest BCUT2D eigenvalue weighted by Gasteiger charge is -2.02. The Bertz CT molecular complexity index is 287. The number of rotatable bonds is 2. The summed E-state index contributed by atoms with van der Waals surface area (Å²) in [6, 6.07) is 0.432. The molecule has 0 radical (unpaired) electrons. The summed E-state index contributed by atoms with van der Waals surface area (Å²) in [5.41, 5.74) is 2.24. The molecule has 0 saturated carbocycles. The van der Waals surface area contributed by atoms with E-state index in [1.54, 1.807) is 0 Å². The van der Waals surface area contributed by atoms with Crippen molar-refractivity contribution >= 4 is 22.0 Å². The van der Waals surface area contributed by atoms with Gasteiger partial charge in [0.2, 0.25) is 0 Å². The fourth-order valence-corrected chi connectivity index (χ4v) is 1.28. The van der Waals surface area contributed by atoms with Crippen molar-refractivity contribution in [1.29, 1.82) is 0 Å². The first-order valence-electron chi connectivity index (χ1n) is 3.97. The molecule has 0 spiro atoms. The third-order valence-corrected chi connectivity index (χ3v) is 1.99. The van der Waals surface area contributed by atoms with Crippen LogP contribution in [0.2, 0.25) is 0 Å². The minimum Gasteiger partial charge on any atom is -0.269 e. The normalized spacial score (nSPS) is 11.8. The number of hydrogen-bond donors (Lipinski definition) is 0. The van der Waals surface area contributed by atoms with Gasteiger partial charge < -0.3 is 0 Å². The van der Waals surface area contributed by atoms with E-state index in [-0.39, 0.29) is 0 Å². The monoisotopic (exact) mass is 228 g/mol. The van der Waals surface area contributed by atoms with Gasteiger partial charge in [0.15, 0.2) is 0 Å². The largest absolute Gasteiger partial charge is 0.269 e. The van der Waals surface area contributed by atoms with Crippen LogP contribution in [0.4, 0.5) is 0 Å². The molecule has 1 rings (SSSR count). The smallest absolute Gasteiger partial charge is 0.0666 e. The number of hydrogen-bond acceptors (Lipinski definition) is 1. The zero-order chi connectivity index (χ0) is 9.14. The highest BCUT2D eigenvalue weighted by atomic mass is 79.9. The molecular weight excluding hydrogens is 216 g/mol. The predicted molar refractivity (Wildman–Crippen MR) is 55.3 cm³/mol. The van der Waals surface area contributed by atoms with E-state index in [0.717, 1.165) is 5.69 Å². The summed E-state index contributed by atoms with van der Waals surface area (Å²) in [7, 11) is 0. The van der Waals surface area contributed by atoms with Gasteiger partial charge in [0.05, 0.1) is 5.69 Å². The second kappa shape index (κ2) is 3.90. The topological polar surface area (TPSA) is 17.8 Å². The van der Waals surface area contributed by atoms with E-state index in [1.165, 1.54) is 5.56 Å². The van der Waals surface area contributed by atoms with Crippen LogP contribution < -0.4 is 0 Å². The van der Waals surface area contributed by atoms with Gasteiger partial charge in [-0.25, -0.2) is 0 Å². The standard InChI is InChI=1S/C9H13BrN2/c1-7(2)12-6-9(4-5-10)8(3)11-12/h4-7H,1-3H3/b5-4+. The second-order valence-electron chi connectivity index (χ2n) is 3.04. The van der Waals surface area contributed by atoms with Crippen molar-refractivity contribution in [3.63, 3.8) is 0 Å². The average Bonchev–Trinajstić information content (AvgIpc) is 2.34. The molecule has 3 heteroatoms. The van der Waals surface area contributed by atoms with Gasteiger partial charge >= 0.3 is 0 Å². The number of aromatic nitrogens is 2. The van der Waals surface area contributed by atoms with E-state index in [4.69, 9.17) is 0 Å². The van der Waals surface area contributed by atoms with Crippen LogP contribution in [0.1, 0.15) is 31.1 Å². The summed E-state index contributed by atoms with van der Waals surface area (Å²) in [5, 5.41) is 4.37. The van der Waals surface area contributed by atoms with Gasteiger partial charge in [0, 0.05) is 17.8 Å². The van der Waals surface area contributed by atoms with Crippen LogP contribution >= 0.6 is 15.9 Å². The number of halogens is 1. The lowest BCUT2D eigenvalue weighted by molar-refractivity contribution is 0.529. The summed E-state index contributed by atoms with van der Waals surface area (Å²) < 4.78 is 1.97. The molecule has 2 nitrogen and oxygen atoms in total. The van der Waals surface area contributed by atoms with Crippen molar-refractivity contribution in [2.75, 3.05) is 0 Å². The third-order valence-electron chi connectivity index (χ3n) is 1.73. The number of aryl methyl sites for hydroxylation is 1. The highest BCUT2D eigenvalue weighted by Gasteiger charge is 2.03. The highest BCUT2D eigenvalue weighted by molar-refractivity contribution is 9.11. The van der Waals surface area contributed by atoms with Crippen LogP contribution in [0, 0.1) is 6.92 Å². The first-order chi connectivity index (χ1) is 5.65. The van der Waals surface area contributed by atoms with E-state index in [2.05, 4.69) is 41.1 Å². The Labute approximate surface area is 81.4 Å². The minimum absolute atomic E-state index is 0.432. The fourth-order valence-electron chi connectivity index (χ4n) is 0.992. The Balaban J connectivity index is 3.00. The van der Waals surface area contributed by atoms with Crippen LogP contribution in [0.15, 0.2) is 11.2 Å². The van der Waals surface area contributed by atoms with E-state index < -0.39 is 0 Å². The number of nitrogens with zero attached hydrogens (tertiary/aromatic N) is 2. The molecule has 0 aliphatic rings. The van der Waals surface area contributed by atoms with Gasteiger partial charge in [0.25, 0.3) is 0 Å². The van der Waals surface area contributed by atoms with Crippen molar-refractivity contribution < 1.29 is 0 Å². The average molecular weight is 229 g/mol. The van der Waals surface area contributed by atoms with Crippen LogP contribution in [-0.4, -0.2) is 9.78 Å². The molecule has 0 amide bonds. The predicted octanol–water partition coefficient (Wildman–Crippen LogP) is 3.14. The van der Waals surface area contributed by atoms with Crippen LogP contribution in [-0.2, 0) is 0 Å². The molecule has 66 valence electrons. The summed E-state index contributed by atoms with van der Waals surface area (Å²) in [6.07, 6.45) is 4.05. The minimum atomic E-state index is 0.432. The molecule has 0 atom stereocenters. The summed E-state index contributed by atoms with van der Waals surface area (Å²) in [5.74, 6) is 0. The highest BCUT2D eigenvalue weighted by Crippen LogP contribution is 2.12. The maximum absolute atomic E-state index is 4.37. The fraction of sp³-hybridized carbons (Fsp3) is 0.444. The van der Waals surface area contributed by atoms with E-state index in [0.29, 0.717) is 6.04 Å². The molecule has 0 aliphatic carbocycles. The van der Waals surface area contributed by atoms with Crippen LogP contribution in [0.3, 0.4) is 0 Å². The SMILES string of the molecule is Cc1nn(C(C)C)cc1/C=C/Br. The van der Waals surface area contributed by atoms with Crippen molar-refractivity contribution in [3.8, 4) is 0 Å². The van der Waals surface area contributed by atoms with Crippen molar-refractivity contribution in [2.24, 2.45) is 0 Å². The molecule has 0 fully saturated rings. The Kier molecular flexibility index (Phi) is 3.09. The Morgan fingerprint density at radius 1 is 1.58 bits per heavy atom. The van der Waals surface area contributed by atoms with Crippen molar-refractivity contribution in [3.05, 3.63) is 22.4 Å². The molecule has 0 N–H and O–H groups in total. The van der Waals surface area contributed by atoms with E-state index in [1.807, 2.05) is 22.7 Å². The van der Waals surface area contributed by atoms with Crippen molar-refractivity contribution in [1.82, 2.24) is 9.78 Å². The summed E-state index contributed by atoms with van der Waals surface area (Å²) in [6.45, 7) is 6.25. The quantitative estimate of drug-likeness (QED) is 0.761. The molecule has 0 saturated heterocycles. The van der Waals surface area contributed by atoms with E-state index in [9.17, 15) is 0 Å². The van der Waals surface area contributed by atoms with Crippen molar-refractivity contribution in [2.45, 2.75) is 26.8 Å². The van der Waals surface area contributed by atoms with Crippen LogP contribution in [0.25, 0.3) is 6.08 Å². The third kappa shape index (κ3) is 1.97. The first-order valence-corrected chi connectivity index (χ1v) is 4.89. The molecule has 1 heterocycles.